The smallest absolute Gasteiger partial charge is 0.228 e. The van der Waals surface area contributed by atoms with Crippen LogP contribution in [0.3, 0.4) is 0 Å². The number of aromatic nitrogens is 1. The number of hydrogen-bond donors (Lipinski definition) is 1. The number of furan rings is 1. The van der Waals surface area contributed by atoms with Gasteiger partial charge in [-0.05, 0) is 19.1 Å². The number of pyridine rings is 1. The highest BCUT2D eigenvalue weighted by Gasteiger charge is 2.01. The Morgan fingerprint density at radius 3 is 3.18 bits per heavy atom. The van der Waals surface area contributed by atoms with E-state index in [0.717, 1.165) is 16.8 Å². The summed E-state index contributed by atoms with van der Waals surface area (Å²) < 4.78 is 5.09. The zero-order valence-electron chi connectivity index (χ0n) is 6.16. The lowest BCUT2D eigenvalue weighted by Crippen LogP contribution is -1.88. The molecular formula is C8H8N2O. The molecule has 0 saturated carbocycles. The van der Waals surface area contributed by atoms with Crippen molar-refractivity contribution in [2.45, 2.75) is 6.92 Å². The Labute approximate surface area is 63.8 Å². The molecule has 2 aromatic rings. The van der Waals surface area contributed by atoms with Crippen molar-refractivity contribution in [3.63, 3.8) is 0 Å². The van der Waals surface area contributed by atoms with Crippen LogP contribution in [0.4, 0.5) is 5.69 Å². The Morgan fingerprint density at radius 2 is 2.36 bits per heavy atom. The van der Waals surface area contributed by atoms with Crippen LogP contribution in [0.25, 0.3) is 11.1 Å². The first kappa shape index (κ1) is 6.22. The van der Waals surface area contributed by atoms with Gasteiger partial charge in [0.25, 0.3) is 0 Å². The van der Waals surface area contributed by atoms with E-state index in [2.05, 4.69) is 4.98 Å². The highest BCUT2D eigenvalue weighted by molar-refractivity contribution is 5.86. The minimum Gasteiger partial charge on any atom is -0.446 e. The van der Waals surface area contributed by atoms with Gasteiger partial charge >= 0.3 is 0 Å². The van der Waals surface area contributed by atoms with Crippen molar-refractivity contribution in [3.05, 3.63) is 24.1 Å². The molecule has 0 amide bonds. The molecule has 56 valence electrons. The van der Waals surface area contributed by atoms with Crippen LogP contribution in [0.15, 0.2) is 22.8 Å². The molecule has 0 atom stereocenters. The first-order valence-corrected chi connectivity index (χ1v) is 3.38. The lowest BCUT2D eigenvalue weighted by atomic mass is 10.2. The van der Waals surface area contributed by atoms with E-state index in [1.54, 1.807) is 6.26 Å². The van der Waals surface area contributed by atoms with E-state index in [1.807, 2.05) is 19.1 Å². The average molecular weight is 148 g/mol. The van der Waals surface area contributed by atoms with Crippen LogP contribution in [-0.4, -0.2) is 4.98 Å². The van der Waals surface area contributed by atoms with Gasteiger partial charge in [-0.2, -0.15) is 0 Å². The van der Waals surface area contributed by atoms with Crippen LogP contribution in [0.1, 0.15) is 5.69 Å². The molecule has 11 heavy (non-hydrogen) atoms. The number of anilines is 1. The zero-order chi connectivity index (χ0) is 7.84. The first-order valence-electron chi connectivity index (χ1n) is 3.38. The summed E-state index contributed by atoms with van der Waals surface area (Å²) in [5.41, 5.74) is 7.92. The fraction of sp³-hybridized carbons (Fsp3) is 0.125. The lowest BCUT2D eigenvalue weighted by molar-refractivity contribution is 0.602. The number of fused-ring (bicyclic) bond motifs is 1. The van der Waals surface area contributed by atoms with Crippen molar-refractivity contribution in [1.29, 1.82) is 0 Å². The van der Waals surface area contributed by atoms with Gasteiger partial charge in [0.05, 0.1) is 11.6 Å². The van der Waals surface area contributed by atoms with Crippen molar-refractivity contribution in [1.82, 2.24) is 4.98 Å². The Hall–Kier alpha value is -1.51. The maximum atomic E-state index is 5.70. The van der Waals surface area contributed by atoms with Crippen LogP contribution in [0.5, 0.6) is 0 Å². The third-order valence-corrected chi connectivity index (χ3v) is 1.60. The Bertz CT molecular complexity index is 392. The van der Waals surface area contributed by atoms with E-state index in [0.29, 0.717) is 5.71 Å². The molecule has 0 spiro atoms. The average Bonchev–Trinajstić information content (AvgIpc) is 2.34. The number of nitrogens with two attached hydrogens (primary N) is 1. The van der Waals surface area contributed by atoms with Crippen molar-refractivity contribution in [2.75, 3.05) is 5.73 Å². The molecule has 0 unspecified atom stereocenters. The minimum atomic E-state index is 0.613. The SMILES string of the molecule is Cc1cc(N)c2ccoc2n1. The van der Waals surface area contributed by atoms with E-state index >= 15 is 0 Å². The van der Waals surface area contributed by atoms with Crippen LogP contribution in [0.2, 0.25) is 0 Å². The Kier molecular flexibility index (Phi) is 1.12. The second kappa shape index (κ2) is 1.99. The molecule has 0 aliphatic heterocycles. The Morgan fingerprint density at radius 1 is 1.55 bits per heavy atom. The third-order valence-electron chi connectivity index (χ3n) is 1.60. The predicted molar refractivity (Wildman–Crippen MR) is 43.2 cm³/mol. The Balaban J connectivity index is 2.91. The van der Waals surface area contributed by atoms with Gasteiger partial charge in [0.1, 0.15) is 0 Å². The number of nitrogen functional groups attached to an aromatic ring is 1. The fourth-order valence-corrected chi connectivity index (χ4v) is 1.10. The lowest BCUT2D eigenvalue weighted by Gasteiger charge is -1.95. The highest BCUT2D eigenvalue weighted by atomic mass is 16.3. The van der Waals surface area contributed by atoms with Crippen molar-refractivity contribution in [3.8, 4) is 0 Å². The van der Waals surface area contributed by atoms with Gasteiger partial charge in [0.15, 0.2) is 0 Å². The number of hydrogen-bond acceptors (Lipinski definition) is 3. The summed E-state index contributed by atoms with van der Waals surface area (Å²) in [7, 11) is 0. The second-order valence-electron chi connectivity index (χ2n) is 2.49. The van der Waals surface area contributed by atoms with E-state index in [4.69, 9.17) is 10.2 Å². The molecule has 0 saturated heterocycles. The second-order valence-corrected chi connectivity index (χ2v) is 2.49. The van der Waals surface area contributed by atoms with Gasteiger partial charge in [-0.3, -0.25) is 0 Å². The van der Waals surface area contributed by atoms with Gasteiger partial charge in [0, 0.05) is 11.4 Å². The molecule has 0 aliphatic carbocycles. The van der Waals surface area contributed by atoms with E-state index in [9.17, 15) is 0 Å². The number of aryl methyl sites for hydroxylation is 1. The standard InChI is InChI=1S/C8H8N2O/c1-5-4-7(9)6-2-3-11-8(6)10-5/h2-4H,1H3,(H2,9,10). The fourth-order valence-electron chi connectivity index (χ4n) is 1.10. The summed E-state index contributed by atoms with van der Waals surface area (Å²) in [6.45, 7) is 1.89. The van der Waals surface area contributed by atoms with Crippen LogP contribution >= 0.6 is 0 Å². The highest BCUT2D eigenvalue weighted by Crippen LogP contribution is 2.20. The van der Waals surface area contributed by atoms with Gasteiger partial charge in [-0.1, -0.05) is 0 Å². The molecule has 2 rings (SSSR count). The van der Waals surface area contributed by atoms with Crippen LogP contribution < -0.4 is 5.73 Å². The summed E-state index contributed by atoms with van der Waals surface area (Å²) in [5, 5.41) is 0.885. The minimum absolute atomic E-state index is 0.613. The summed E-state index contributed by atoms with van der Waals surface area (Å²) >= 11 is 0. The summed E-state index contributed by atoms with van der Waals surface area (Å²) in [6.07, 6.45) is 1.59. The van der Waals surface area contributed by atoms with E-state index < -0.39 is 0 Å². The normalized spacial score (nSPS) is 10.6. The van der Waals surface area contributed by atoms with Gasteiger partial charge in [-0.25, -0.2) is 4.98 Å². The number of rotatable bonds is 0. The molecular weight excluding hydrogens is 140 g/mol. The molecule has 3 heteroatoms. The van der Waals surface area contributed by atoms with E-state index in [1.165, 1.54) is 0 Å². The quantitative estimate of drug-likeness (QED) is 0.618. The third kappa shape index (κ3) is 0.852. The zero-order valence-corrected chi connectivity index (χ0v) is 6.16. The van der Waals surface area contributed by atoms with Gasteiger partial charge in [-0.15, -0.1) is 0 Å². The molecule has 2 heterocycles. The van der Waals surface area contributed by atoms with Crippen molar-refractivity contribution < 1.29 is 4.42 Å². The summed E-state index contributed by atoms with van der Waals surface area (Å²) in [6, 6.07) is 3.65. The van der Waals surface area contributed by atoms with Crippen LogP contribution in [-0.2, 0) is 0 Å². The van der Waals surface area contributed by atoms with Crippen LogP contribution in [0, 0.1) is 6.92 Å². The topological polar surface area (TPSA) is 52.0 Å². The first-order chi connectivity index (χ1) is 5.27. The monoisotopic (exact) mass is 148 g/mol. The maximum absolute atomic E-state index is 5.70. The van der Waals surface area contributed by atoms with Gasteiger partial charge in [0.2, 0.25) is 5.71 Å². The van der Waals surface area contributed by atoms with E-state index in [-0.39, 0.29) is 0 Å². The largest absolute Gasteiger partial charge is 0.446 e. The van der Waals surface area contributed by atoms with Crippen molar-refractivity contribution >= 4 is 16.8 Å². The molecule has 0 bridgehead atoms. The molecule has 0 radical (unpaired) electrons. The molecule has 3 nitrogen and oxygen atoms in total. The molecule has 2 N–H and O–H groups in total. The van der Waals surface area contributed by atoms with Gasteiger partial charge < -0.3 is 10.2 Å². The molecule has 2 aromatic heterocycles. The predicted octanol–water partition coefficient (Wildman–Crippen LogP) is 1.72. The molecule has 0 aromatic carbocycles. The molecule has 0 aliphatic rings. The molecule has 0 fully saturated rings. The number of nitrogens with zero attached hydrogens (tertiary/aromatic N) is 1. The summed E-state index contributed by atoms with van der Waals surface area (Å²) in [4.78, 5) is 4.15. The summed E-state index contributed by atoms with van der Waals surface area (Å²) in [5.74, 6) is 0. The maximum Gasteiger partial charge on any atom is 0.228 e. The van der Waals surface area contributed by atoms with Crippen molar-refractivity contribution in [2.24, 2.45) is 0 Å².